The molecule has 7 heteroatoms. The number of benzene rings is 2. The van der Waals surface area contributed by atoms with E-state index in [1.165, 1.54) is 0 Å². The van der Waals surface area contributed by atoms with Crippen LogP contribution in [-0.2, 0) is 9.59 Å². The van der Waals surface area contributed by atoms with Gasteiger partial charge in [0.1, 0.15) is 11.9 Å². The molecule has 6 nitrogen and oxygen atoms in total. The SMILES string of the molecule is O=C(CC1C(=O)Nc2c(-c3ccc(Cl)cc3)cnn21)Nc1ccccc1. The number of aromatic nitrogens is 2. The topological polar surface area (TPSA) is 76.0 Å². The van der Waals surface area contributed by atoms with E-state index >= 15 is 0 Å². The lowest BCUT2D eigenvalue weighted by Crippen LogP contribution is -2.23. The van der Waals surface area contributed by atoms with Gasteiger partial charge in [-0.1, -0.05) is 41.9 Å². The largest absolute Gasteiger partial charge is 0.326 e. The van der Waals surface area contributed by atoms with Gasteiger partial charge < -0.3 is 10.6 Å². The van der Waals surface area contributed by atoms with E-state index < -0.39 is 6.04 Å². The number of nitrogens with one attached hydrogen (secondary N) is 2. The maximum absolute atomic E-state index is 12.3. The highest BCUT2D eigenvalue weighted by Crippen LogP contribution is 2.36. The third-order valence-corrected chi connectivity index (χ3v) is 4.48. The molecule has 1 unspecified atom stereocenters. The minimum absolute atomic E-state index is 0.00939. The van der Waals surface area contributed by atoms with Gasteiger partial charge in [0, 0.05) is 16.3 Å². The second-order valence-corrected chi connectivity index (χ2v) is 6.42. The fourth-order valence-corrected chi connectivity index (χ4v) is 3.09. The first-order valence-corrected chi connectivity index (χ1v) is 8.49. The van der Waals surface area contributed by atoms with Crippen molar-refractivity contribution in [3.05, 3.63) is 65.8 Å². The predicted molar refractivity (Wildman–Crippen MR) is 100 cm³/mol. The highest BCUT2D eigenvalue weighted by Gasteiger charge is 2.35. The Labute approximate surface area is 154 Å². The molecule has 1 aliphatic heterocycles. The van der Waals surface area contributed by atoms with Gasteiger partial charge in [-0.15, -0.1) is 0 Å². The molecule has 2 N–H and O–H groups in total. The smallest absolute Gasteiger partial charge is 0.251 e. The molecule has 26 heavy (non-hydrogen) atoms. The van der Waals surface area contributed by atoms with E-state index in [2.05, 4.69) is 15.7 Å². The van der Waals surface area contributed by atoms with Crippen LogP contribution in [0.5, 0.6) is 0 Å². The maximum Gasteiger partial charge on any atom is 0.251 e. The molecule has 4 rings (SSSR count). The van der Waals surface area contributed by atoms with Crippen molar-refractivity contribution in [3.63, 3.8) is 0 Å². The lowest BCUT2D eigenvalue weighted by Gasteiger charge is -2.09. The Balaban J connectivity index is 1.54. The third-order valence-electron chi connectivity index (χ3n) is 4.23. The normalized spacial score (nSPS) is 15.4. The summed E-state index contributed by atoms with van der Waals surface area (Å²) in [6.45, 7) is 0. The molecule has 2 amide bonds. The van der Waals surface area contributed by atoms with Gasteiger partial charge in [-0.3, -0.25) is 9.59 Å². The van der Waals surface area contributed by atoms with Gasteiger partial charge >= 0.3 is 0 Å². The highest BCUT2D eigenvalue weighted by atomic mass is 35.5. The molecule has 0 fully saturated rings. The molecule has 1 aromatic heterocycles. The molecule has 0 radical (unpaired) electrons. The van der Waals surface area contributed by atoms with Crippen molar-refractivity contribution in [2.45, 2.75) is 12.5 Å². The number of nitrogens with zero attached hydrogens (tertiary/aromatic N) is 2. The summed E-state index contributed by atoms with van der Waals surface area (Å²) in [5, 5.41) is 10.6. The number of rotatable bonds is 4. The Hall–Kier alpha value is -3.12. The summed E-state index contributed by atoms with van der Waals surface area (Å²) in [5.74, 6) is 0.106. The fraction of sp³-hybridized carbons (Fsp3) is 0.105. The zero-order valence-electron chi connectivity index (χ0n) is 13.6. The van der Waals surface area contributed by atoms with Crippen molar-refractivity contribution in [2.24, 2.45) is 0 Å². The fourth-order valence-electron chi connectivity index (χ4n) is 2.96. The van der Waals surface area contributed by atoms with E-state index in [1.54, 1.807) is 35.1 Å². The van der Waals surface area contributed by atoms with Crippen LogP contribution >= 0.6 is 11.6 Å². The predicted octanol–water partition coefficient (Wildman–Crippen LogP) is 3.73. The van der Waals surface area contributed by atoms with Crippen LogP contribution in [0.4, 0.5) is 11.5 Å². The van der Waals surface area contributed by atoms with Gasteiger partial charge in [0.2, 0.25) is 5.91 Å². The van der Waals surface area contributed by atoms with Crippen LogP contribution in [0.15, 0.2) is 60.8 Å². The van der Waals surface area contributed by atoms with Crippen molar-refractivity contribution in [2.75, 3.05) is 10.6 Å². The van der Waals surface area contributed by atoms with E-state index in [0.717, 1.165) is 11.1 Å². The molecule has 3 aromatic rings. The first-order chi connectivity index (χ1) is 12.6. The summed E-state index contributed by atoms with van der Waals surface area (Å²) >= 11 is 5.93. The summed E-state index contributed by atoms with van der Waals surface area (Å²) in [6.07, 6.45) is 1.69. The first-order valence-electron chi connectivity index (χ1n) is 8.11. The molecule has 0 saturated heterocycles. The average molecular weight is 367 g/mol. The van der Waals surface area contributed by atoms with Crippen LogP contribution in [0.3, 0.4) is 0 Å². The molecular formula is C19H15ClN4O2. The molecular weight excluding hydrogens is 352 g/mol. The van der Waals surface area contributed by atoms with Gasteiger partial charge in [0.25, 0.3) is 5.91 Å². The molecule has 1 aliphatic rings. The molecule has 1 atom stereocenters. The molecule has 0 bridgehead atoms. The third kappa shape index (κ3) is 3.07. The molecule has 0 spiro atoms. The van der Waals surface area contributed by atoms with E-state index in [-0.39, 0.29) is 18.2 Å². The van der Waals surface area contributed by atoms with E-state index in [0.29, 0.717) is 16.5 Å². The van der Waals surface area contributed by atoms with Crippen LogP contribution in [0.1, 0.15) is 12.5 Å². The molecule has 130 valence electrons. The second kappa shape index (κ2) is 6.65. The standard InChI is InChI=1S/C19H15ClN4O2/c20-13-8-6-12(7-9-13)15-11-21-24-16(19(26)23-18(15)24)10-17(25)22-14-4-2-1-3-5-14/h1-9,11,16H,10H2,(H,22,25)(H,23,26). The summed E-state index contributed by atoms with van der Waals surface area (Å²) < 4.78 is 1.57. The Morgan fingerprint density at radius 1 is 1.15 bits per heavy atom. The lowest BCUT2D eigenvalue weighted by atomic mass is 10.1. The van der Waals surface area contributed by atoms with Crippen LogP contribution in [0.2, 0.25) is 5.02 Å². The van der Waals surface area contributed by atoms with Crippen molar-refractivity contribution in [1.29, 1.82) is 0 Å². The summed E-state index contributed by atoms with van der Waals surface area (Å²) in [6, 6.07) is 15.7. The number of hydrogen-bond acceptors (Lipinski definition) is 3. The Morgan fingerprint density at radius 3 is 2.62 bits per heavy atom. The zero-order valence-corrected chi connectivity index (χ0v) is 14.4. The maximum atomic E-state index is 12.3. The number of fused-ring (bicyclic) bond motifs is 1. The number of para-hydroxylation sites is 1. The monoisotopic (exact) mass is 366 g/mol. The van der Waals surface area contributed by atoms with Crippen LogP contribution in [-0.4, -0.2) is 21.6 Å². The number of anilines is 2. The Kier molecular flexibility index (Phi) is 4.18. The first kappa shape index (κ1) is 16.4. The van der Waals surface area contributed by atoms with Crippen molar-refractivity contribution in [1.82, 2.24) is 9.78 Å². The minimum Gasteiger partial charge on any atom is -0.326 e. The van der Waals surface area contributed by atoms with Crippen LogP contribution in [0.25, 0.3) is 11.1 Å². The molecule has 2 heterocycles. The number of carbonyl (C=O) groups is 2. The minimum atomic E-state index is -0.672. The molecule has 0 aliphatic carbocycles. The lowest BCUT2D eigenvalue weighted by molar-refractivity contribution is -0.123. The van der Waals surface area contributed by atoms with Crippen LogP contribution in [0, 0.1) is 0 Å². The number of hydrogen-bond donors (Lipinski definition) is 2. The molecule has 0 saturated carbocycles. The Morgan fingerprint density at radius 2 is 1.88 bits per heavy atom. The van der Waals surface area contributed by atoms with E-state index in [1.807, 2.05) is 30.3 Å². The number of halogens is 1. The van der Waals surface area contributed by atoms with Crippen molar-refractivity contribution >= 4 is 34.9 Å². The average Bonchev–Trinajstić information content (AvgIpc) is 3.16. The highest BCUT2D eigenvalue weighted by molar-refractivity contribution is 6.30. The van der Waals surface area contributed by atoms with E-state index in [4.69, 9.17) is 11.6 Å². The quantitative estimate of drug-likeness (QED) is 0.738. The van der Waals surface area contributed by atoms with Crippen molar-refractivity contribution < 1.29 is 9.59 Å². The van der Waals surface area contributed by atoms with Crippen LogP contribution < -0.4 is 10.6 Å². The number of amides is 2. The van der Waals surface area contributed by atoms with Gasteiger partial charge in [0.05, 0.1) is 12.6 Å². The van der Waals surface area contributed by atoms with E-state index in [9.17, 15) is 9.59 Å². The number of carbonyl (C=O) groups excluding carboxylic acids is 2. The van der Waals surface area contributed by atoms with Gasteiger partial charge in [-0.25, -0.2) is 4.68 Å². The van der Waals surface area contributed by atoms with Gasteiger partial charge in [-0.05, 0) is 29.8 Å². The second-order valence-electron chi connectivity index (χ2n) is 5.98. The summed E-state index contributed by atoms with van der Waals surface area (Å²) in [4.78, 5) is 24.6. The molecule has 2 aromatic carbocycles. The Bertz CT molecular complexity index is 967. The summed E-state index contributed by atoms with van der Waals surface area (Å²) in [7, 11) is 0. The van der Waals surface area contributed by atoms with Gasteiger partial charge in [0.15, 0.2) is 0 Å². The van der Waals surface area contributed by atoms with Gasteiger partial charge in [-0.2, -0.15) is 5.10 Å². The van der Waals surface area contributed by atoms with Crippen molar-refractivity contribution in [3.8, 4) is 11.1 Å². The zero-order chi connectivity index (χ0) is 18.1. The summed E-state index contributed by atoms with van der Waals surface area (Å²) in [5.41, 5.74) is 2.38.